The predicted molar refractivity (Wildman–Crippen MR) is 133 cm³/mol. The summed E-state index contributed by atoms with van der Waals surface area (Å²) in [5.41, 5.74) is 2.70. The third kappa shape index (κ3) is 7.89. The molecule has 0 bridgehead atoms. The Morgan fingerprint density at radius 2 is 1.64 bits per heavy atom. The highest BCUT2D eigenvalue weighted by Crippen LogP contribution is 2.19. The van der Waals surface area contributed by atoms with Crippen molar-refractivity contribution in [3.63, 3.8) is 0 Å². The molecular formula is C25H35N3O4S. The summed E-state index contributed by atoms with van der Waals surface area (Å²) in [6.45, 7) is 4.43. The van der Waals surface area contributed by atoms with Gasteiger partial charge in [0, 0.05) is 26.6 Å². The van der Waals surface area contributed by atoms with Crippen LogP contribution in [0, 0.1) is 6.92 Å². The Morgan fingerprint density at radius 1 is 1.00 bits per heavy atom. The average Bonchev–Trinajstić information content (AvgIpc) is 2.79. The van der Waals surface area contributed by atoms with E-state index in [0.717, 1.165) is 11.1 Å². The highest BCUT2D eigenvalue weighted by atomic mass is 32.2. The Labute approximate surface area is 197 Å². The van der Waals surface area contributed by atoms with Crippen LogP contribution < -0.4 is 9.62 Å². The molecule has 0 aliphatic carbocycles. The molecule has 0 aliphatic rings. The number of hydrogen-bond donors (Lipinski definition) is 1. The van der Waals surface area contributed by atoms with Crippen LogP contribution in [0.5, 0.6) is 0 Å². The van der Waals surface area contributed by atoms with Crippen molar-refractivity contribution in [2.75, 3.05) is 30.7 Å². The van der Waals surface area contributed by atoms with Crippen LogP contribution in [0.15, 0.2) is 54.6 Å². The number of sulfonamides is 1. The number of likely N-dealkylation sites (N-methyl/N-ethyl adjacent to an activating group) is 1. The van der Waals surface area contributed by atoms with Gasteiger partial charge < -0.3 is 10.2 Å². The monoisotopic (exact) mass is 473 g/mol. The van der Waals surface area contributed by atoms with Gasteiger partial charge in [0.2, 0.25) is 21.8 Å². The van der Waals surface area contributed by atoms with Crippen LogP contribution in [0.1, 0.15) is 37.3 Å². The predicted octanol–water partition coefficient (Wildman–Crippen LogP) is 3.14. The number of aryl methyl sites for hydroxylation is 1. The minimum absolute atomic E-state index is 0.153. The topological polar surface area (TPSA) is 86.8 Å². The molecule has 1 N–H and O–H groups in total. The number of nitrogens with zero attached hydrogens (tertiary/aromatic N) is 2. The van der Waals surface area contributed by atoms with E-state index >= 15 is 0 Å². The lowest BCUT2D eigenvalue weighted by Gasteiger charge is -2.30. The van der Waals surface area contributed by atoms with Crippen molar-refractivity contribution in [3.05, 3.63) is 65.7 Å². The zero-order valence-corrected chi connectivity index (χ0v) is 20.8. The summed E-state index contributed by atoms with van der Waals surface area (Å²) in [7, 11) is -1.92. The Kier molecular flexibility index (Phi) is 9.91. The number of amides is 2. The molecule has 0 heterocycles. The first kappa shape index (κ1) is 26.4. The fourth-order valence-electron chi connectivity index (χ4n) is 3.78. The number of benzene rings is 2. The number of anilines is 1. The van der Waals surface area contributed by atoms with E-state index in [9.17, 15) is 18.0 Å². The van der Waals surface area contributed by atoms with Crippen LogP contribution in [0.25, 0.3) is 0 Å². The molecule has 7 nitrogen and oxygen atoms in total. The zero-order valence-electron chi connectivity index (χ0n) is 20.0. The molecule has 8 heteroatoms. The van der Waals surface area contributed by atoms with Crippen molar-refractivity contribution >= 4 is 27.5 Å². The molecule has 2 aromatic rings. The van der Waals surface area contributed by atoms with Crippen molar-refractivity contribution in [1.29, 1.82) is 0 Å². The van der Waals surface area contributed by atoms with Crippen LogP contribution >= 0.6 is 0 Å². The smallest absolute Gasteiger partial charge is 0.242 e. The number of nitrogens with one attached hydrogen (secondary N) is 1. The maximum atomic E-state index is 13.2. The molecule has 0 aromatic heterocycles. The lowest BCUT2D eigenvalue weighted by molar-refractivity contribution is -0.140. The van der Waals surface area contributed by atoms with Gasteiger partial charge in [0.25, 0.3) is 0 Å². The molecule has 2 aromatic carbocycles. The van der Waals surface area contributed by atoms with E-state index in [4.69, 9.17) is 0 Å². The van der Waals surface area contributed by atoms with Crippen LogP contribution in [-0.2, 0) is 26.0 Å². The largest absolute Gasteiger partial charge is 0.357 e. The number of carbonyl (C=O) groups is 2. The van der Waals surface area contributed by atoms with E-state index < -0.39 is 16.1 Å². The molecule has 0 saturated heterocycles. The maximum absolute atomic E-state index is 13.2. The molecule has 0 aliphatic heterocycles. The molecule has 0 fully saturated rings. The van der Waals surface area contributed by atoms with E-state index in [1.54, 1.807) is 24.1 Å². The molecule has 0 spiro atoms. The molecule has 1 atom stereocenters. The summed E-state index contributed by atoms with van der Waals surface area (Å²) < 4.78 is 26.0. The zero-order chi connectivity index (χ0) is 24.4. The van der Waals surface area contributed by atoms with Crippen LogP contribution in [0.2, 0.25) is 0 Å². The van der Waals surface area contributed by atoms with Gasteiger partial charge in [-0.25, -0.2) is 8.42 Å². The summed E-state index contributed by atoms with van der Waals surface area (Å²) in [5, 5.41) is 2.65. The van der Waals surface area contributed by atoms with E-state index in [-0.39, 0.29) is 24.8 Å². The summed E-state index contributed by atoms with van der Waals surface area (Å²) in [5.74, 6) is -0.352. The van der Waals surface area contributed by atoms with E-state index in [2.05, 4.69) is 5.32 Å². The Balaban J connectivity index is 2.11. The van der Waals surface area contributed by atoms with E-state index in [1.807, 2.05) is 56.3 Å². The van der Waals surface area contributed by atoms with Crippen LogP contribution in [-0.4, -0.2) is 57.6 Å². The van der Waals surface area contributed by atoms with Gasteiger partial charge in [-0.2, -0.15) is 0 Å². The van der Waals surface area contributed by atoms with E-state index in [0.29, 0.717) is 31.5 Å². The first-order valence-corrected chi connectivity index (χ1v) is 13.1. The molecule has 0 saturated carbocycles. The average molecular weight is 474 g/mol. The number of carbonyl (C=O) groups excluding carboxylic acids is 2. The molecule has 0 radical (unpaired) electrons. The lowest BCUT2D eigenvalue weighted by atomic mass is 10.1. The fourth-order valence-corrected chi connectivity index (χ4v) is 4.74. The third-order valence-electron chi connectivity index (χ3n) is 5.59. The Hall–Kier alpha value is -2.87. The third-order valence-corrected chi connectivity index (χ3v) is 6.78. The van der Waals surface area contributed by atoms with E-state index in [1.165, 1.54) is 10.6 Å². The first-order chi connectivity index (χ1) is 15.7. The highest BCUT2D eigenvalue weighted by Gasteiger charge is 2.27. The second kappa shape index (κ2) is 12.4. The van der Waals surface area contributed by atoms with Crippen molar-refractivity contribution < 1.29 is 18.0 Å². The quantitative estimate of drug-likeness (QED) is 0.513. The van der Waals surface area contributed by atoms with Gasteiger partial charge in [-0.05, 0) is 43.9 Å². The minimum Gasteiger partial charge on any atom is -0.357 e. The minimum atomic E-state index is -3.49. The highest BCUT2D eigenvalue weighted by molar-refractivity contribution is 7.92. The van der Waals surface area contributed by atoms with Crippen LogP contribution in [0.3, 0.4) is 0 Å². The molecule has 180 valence electrons. The van der Waals surface area contributed by atoms with Crippen molar-refractivity contribution in [2.45, 2.75) is 45.6 Å². The fraction of sp³-hybridized carbons (Fsp3) is 0.440. The SMILES string of the molecule is CC[C@@H](C(=O)NC)N(CCc1ccccc1)C(=O)CCCN(c1ccc(C)cc1)S(C)(=O)=O. The number of hydrogen-bond acceptors (Lipinski definition) is 4. The van der Waals surface area contributed by atoms with Crippen molar-refractivity contribution in [1.82, 2.24) is 10.2 Å². The molecule has 2 rings (SSSR count). The van der Waals surface area contributed by atoms with Gasteiger partial charge in [-0.1, -0.05) is 55.0 Å². The molecule has 0 unspecified atom stereocenters. The number of rotatable bonds is 12. The van der Waals surface area contributed by atoms with Crippen LogP contribution in [0.4, 0.5) is 5.69 Å². The molecule has 2 amide bonds. The Morgan fingerprint density at radius 3 is 2.18 bits per heavy atom. The summed E-state index contributed by atoms with van der Waals surface area (Å²) in [6, 6.07) is 16.5. The molecule has 33 heavy (non-hydrogen) atoms. The maximum Gasteiger partial charge on any atom is 0.242 e. The summed E-state index contributed by atoms with van der Waals surface area (Å²) >= 11 is 0. The second-order valence-electron chi connectivity index (χ2n) is 8.14. The van der Waals surface area contributed by atoms with Gasteiger partial charge in [-0.15, -0.1) is 0 Å². The summed E-state index contributed by atoms with van der Waals surface area (Å²) in [6.07, 6.45) is 2.81. The Bertz CT molecular complexity index is 1010. The van der Waals surface area contributed by atoms with Gasteiger partial charge >= 0.3 is 0 Å². The summed E-state index contributed by atoms with van der Waals surface area (Å²) in [4.78, 5) is 27.2. The molecular weight excluding hydrogens is 438 g/mol. The van der Waals surface area contributed by atoms with Gasteiger partial charge in [-0.3, -0.25) is 13.9 Å². The second-order valence-corrected chi connectivity index (χ2v) is 10.0. The lowest BCUT2D eigenvalue weighted by Crippen LogP contribution is -2.49. The normalized spacial score (nSPS) is 12.1. The first-order valence-electron chi connectivity index (χ1n) is 11.3. The van der Waals surface area contributed by atoms with Gasteiger partial charge in [0.05, 0.1) is 11.9 Å². The standard InChI is InChI=1S/C25H35N3O4S/c1-5-23(25(30)26-3)27(19-17-21-10-7-6-8-11-21)24(29)12-9-18-28(33(4,31)32)22-15-13-20(2)14-16-22/h6-8,10-11,13-16,23H,5,9,12,17-19H2,1-4H3,(H,26,30)/t23-/m0/s1. The van der Waals surface area contributed by atoms with Crippen molar-refractivity contribution in [3.8, 4) is 0 Å². The van der Waals surface area contributed by atoms with Crippen molar-refractivity contribution in [2.24, 2.45) is 0 Å². The van der Waals surface area contributed by atoms with Gasteiger partial charge in [0.1, 0.15) is 6.04 Å². The van der Waals surface area contributed by atoms with Gasteiger partial charge in [0.15, 0.2) is 0 Å².